The van der Waals surface area contributed by atoms with E-state index >= 15 is 0 Å². The van der Waals surface area contributed by atoms with Crippen molar-refractivity contribution in [2.45, 2.75) is 38.8 Å². The summed E-state index contributed by atoms with van der Waals surface area (Å²) in [5.74, 6) is 0.658. The number of amides is 2. The van der Waals surface area contributed by atoms with Gasteiger partial charge in [0.05, 0.1) is 25.8 Å². The molecule has 2 amide bonds. The van der Waals surface area contributed by atoms with Crippen LogP contribution in [-0.4, -0.2) is 44.0 Å². The van der Waals surface area contributed by atoms with Crippen molar-refractivity contribution < 1.29 is 19.1 Å². The number of fused-ring (bicyclic) bond motifs is 1. The van der Waals surface area contributed by atoms with Crippen LogP contribution in [0.25, 0.3) is 0 Å². The quantitative estimate of drug-likeness (QED) is 0.689. The lowest BCUT2D eigenvalue weighted by molar-refractivity contribution is -0.120. The first-order chi connectivity index (χ1) is 13.8. The molecule has 0 saturated carbocycles. The molecule has 1 atom stereocenters. The second-order valence-electron chi connectivity index (χ2n) is 7.20. The van der Waals surface area contributed by atoms with Crippen LogP contribution in [0.2, 0.25) is 0 Å². The average Bonchev–Trinajstić information content (AvgIpc) is 3.27. The first-order valence-corrected chi connectivity index (χ1v) is 10.3. The van der Waals surface area contributed by atoms with Crippen LogP contribution in [0.5, 0.6) is 11.5 Å². The maximum absolute atomic E-state index is 12.8. The molecule has 1 aromatic carbocycles. The van der Waals surface area contributed by atoms with Crippen LogP contribution in [0, 0.1) is 0 Å². The number of anilines is 1. The molecule has 2 aromatic rings. The third-order valence-corrected chi connectivity index (χ3v) is 6.53. The van der Waals surface area contributed by atoms with Crippen LogP contribution in [0.3, 0.4) is 0 Å². The second kappa shape index (κ2) is 8.84. The number of rotatable bonds is 8. The third kappa shape index (κ3) is 4.38. The van der Waals surface area contributed by atoms with E-state index in [2.05, 4.69) is 5.32 Å². The number of methoxy groups -OCH3 is 2. The van der Waals surface area contributed by atoms with Crippen molar-refractivity contribution in [3.8, 4) is 11.5 Å². The number of hydrogen-bond acceptors (Lipinski definition) is 6. The van der Waals surface area contributed by atoms with Crippen LogP contribution >= 0.6 is 11.3 Å². The van der Waals surface area contributed by atoms with Crippen molar-refractivity contribution in [1.82, 2.24) is 4.90 Å². The Morgan fingerprint density at radius 3 is 2.62 bits per heavy atom. The number of nitrogens with zero attached hydrogens (tertiary/aromatic N) is 1. The van der Waals surface area contributed by atoms with E-state index in [0.29, 0.717) is 28.6 Å². The molecule has 29 heavy (non-hydrogen) atoms. The highest BCUT2D eigenvalue weighted by atomic mass is 32.1. The molecule has 0 bridgehead atoms. The van der Waals surface area contributed by atoms with Gasteiger partial charge in [-0.25, -0.2) is 0 Å². The van der Waals surface area contributed by atoms with Crippen LogP contribution in [0.15, 0.2) is 18.2 Å². The fourth-order valence-electron chi connectivity index (χ4n) is 3.57. The number of ether oxygens (including phenoxy) is 2. The third-order valence-electron chi connectivity index (χ3n) is 5.32. The maximum Gasteiger partial charge on any atom is 0.251 e. The summed E-state index contributed by atoms with van der Waals surface area (Å²) in [6.45, 7) is 2.39. The first kappa shape index (κ1) is 21.1. The number of nitrogens with two attached hydrogens (primary N) is 1. The van der Waals surface area contributed by atoms with Gasteiger partial charge in [-0.3, -0.25) is 14.5 Å². The van der Waals surface area contributed by atoms with Crippen molar-refractivity contribution in [3.05, 3.63) is 39.8 Å². The molecule has 0 saturated heterocycles. The summed E-state index contributed by atoms with van der Waals surface area (Å²) in [6.07, 6.45) is 2.81. The van der Waals surface area contributed by atoms with Crippen LogP contribution in [0.4, 0.5) is 5.00 Å². The molecule has 3 rings (SSSR count). The van der Waals surface area contributed by atoms with Crippen molar-refractivity contribution >= 4 is 28.2 Å². The van der Waals surface area contributed by atoms with Gasteiger partial charge in [0.25, 0.3) is 5.91 Å². The number of aryl methyl sites for hydroxylation is 1. The molecule has 1 aromatic heterocycles. The highest BCUT2D eigenvalue weighted by molar-refractivity contribution is 7.17. The highest BCUT2D eigenvalue weighted by Gasteiger charge is 2.28. The number of benzene rings is 1. The van der Waals surface area contributed by atoms with Crippen molar-refractivity contribution in [2.24, 2.45) is 5.73 Å². The number of nitrogens with one attached hydrogen (secondary N) is 1. The number of likely N-dealkylation sites (N-methyl/N-ethyl adjacent to an activating group) is 1. The van der Waals surface area contributed by atoms with Gasteiger partial charge in [0, 0.05) is 11.4 Å². The molecule has 1 unspecified atom stereocenters. The van der Waals surface area contributed by atoms with Crippen LogP contribution in [-0.2, 0) is 24.2 Å². The summed E-state index contributed by atoms with van der Waals surface area (Å²) < 4.78 is 10.6. The summed E-state index contributed by atoms with van der Waals surface area (Å²) in [4.78, 5) is 27.8. The second-order valence-corrected chi connectivity index (χ2v) is 8.30. The normalized spacial score (nSPS) is 13.8. The predicted octanol–water partition coefficient (Wildman–Crippen LogP) is 2.81. The topological polar surface area (TPSA) is 93.9 Å². The smallest absolute Gasteiger partial charge is 0.251 e. The van der Waals surface area contributed by atoms with Gasteiger partial charge in [0.2, 0.25) is 5.91 Å². The van der Waals surface area contributed by atoms with E-state index < -0.39 is 11.9 Å². The van der Waals surface area contributed by atoms with E-state index in [4.69, 9.17) is 15.2 Å². The van der Waals surface area contributed by atoms with Gasteiger partial charge >= 0.3 is 0 Å². The highest BCUT2D eigenvalue weighted by Crippen LogP contribution is 2.39. The maximum atomic E-state index is 12.8. The molecule has 0 spiro atoms. The van der Waals surface area contributed by atoms with E-state index in [1.807, 2.05) is 37.1 Å². The van der Waals surface area contributed by atoms with Crippen molar-refractivity contribution in [3.63, 3.8) is 0 Å². The van der Waals surface area contributed by atoms with Gasteiger partial charge in [-0.15, -0.1) is 11.3 Å². The molecule has 0 radical (unpaired) electrons. The molecule has 1 aliphatic rings. The molecule has 3 N–H and O–H groups in total. The van der Waals surface area contributed by atoms with Crippen LogP contribution < -0.4 is 20.5 Å². The zero-order chi connectivity index (χ0) is 21.1. The molecule has 8 heteroatoms. The van der Waals surface area contributed by atoms with E-state index in [1.165, 1.54) is 11.3 Å². The monoisotopic (exact) mass is 417 g/mol. The van der Waals surface area contributed by atoms with Gasteiger partial charge in [0.15, 0.2) is 11.5 Å². The Bertz CT molecular complexity index is 925. The van der Waals surface area contributed by atoms with E-state index in [1.54, 1.807) is 14.2 Å². The van der Waals surface area contributed by atoms with Gasteiger partial charge in [0.1, 0.15) is 5.00 Å². The molecule has 7 nitrogen and oxygen atoms in total. The number of thiophene rings is 1. The lowest BCUT2D eigenvalue weighted by atomic mass is 10.1. The molecule has 1 heterocycles. The molecule has 1 aliphatic carbocycles. The van der Waals surface area contributed by atoms with Crippen LogP contribution in [0.1, 0.15) is 39.7 Å². The minimum Gasteiger partial charge on any atom is -0.493 e. The summed E-state index contributed by atoms with van der Waals surface area (Å²) in [5, 5.41) is 3.49. The van der Waals surface area contributed by atoms with Gasteiger partial charge in [-0.05, 0) is 56.5 Å². The van der Waals surface area contributed by atoms with Gasteiger partial charge in [-0.1, -0.05) is 6.07 Å². The average molecular weight is 418 g/mol. The van der Waals surface area contributed by atoms with Crippen molar-refractivity contribution in [2.75, 3.05) is 26.6 Å². The summed E-state index contributed by atoms with van der Waals surface area (Å²) in [5.41, 5.74) is 8.06. The Hall–Kier alpha value is -2.58. The number of hydrogen-bond donors (Lipinski definition) is 2. The fraction of sp³-hybridized carbons (Fsp3) is 0.429. The molecular formula is C21H27N3O4S. The first-order valence-electron chi connectivity index (χ1n) is 9.52. The summed E-state index contributed by atoms with van der Waals surface area (Å²) in [6, 6.07) is 5.28. The molecular weight excluding hydrogens is 390 g/mol. The zero-order valence-electron chi connectivity index (χ0n) is 17.2. The van der Waals surface area contributed by atoms with E-state index in [9.17, 15) is 9.59 Å². The Kier molecular flexibility index (Phi) is 6.44. The lowest BCUT2D eigenvalue weighted by Gasteiger charge is -2.24. The Morgan fingerprint density at radius 2 is 1.97 bits per heavy atom. The number of carbonyl (C=O) groups excluding carboxylic acids is 2. The SMILES string of the molecule is COc1ccc(CN(C)C(C)C(=O)Nc2sc3c(c2C(N)=O)CCC3)cc1OC. The molecule has 0 aliphatic heterocycles. The zero-order valence-corrected chi connectivity index (χ0v) is 18.0. The fourth-order valence-corrected chi connectivity index (χ4v) is 4.87. The minimum absolute atomic E-state index is 0.171. The van der Waals surface area contributed by atoms with Gasteiger partial charge in [-0.2, -0.15) is 0 Å². The lowest BCUT2D eigenvalue weighted by Crippen LogP contribution is -2.39. The minimum atomic E-state index is -0.481. The standard InChI is InChI=1S/C21H27N3O4S/c1-12(24(2)11-13-8-9-15(27-3)16(10-13)28-4)20(26)23-21-18(19(22)25)14-6-5-7-17(14)29-21/h8-10,12H,5-7,11H2,1-4H3,(H2,22,25)(H,23,26). The Balaban J connectivity index is 1.70. The van der Waals surface area contributed by atoms with Crippen molar-refractivity contribution in [1.29, 1.82) is 0 Å². The Labute approximate surface area is 174 Å². The predicted molar refractivity (Wildman–Crippen MR) is 114 cm³/mol. The van der Waals surface area contributed by atoms with E-state index in [0.717, 1.165) is 35.3 Å². The largest absolute Gasteiger partial charge is 0.493 e. The Morgan fingerprint density at radius 1 is 1.24 bits per heavy atom. The van der Waals surface area contributed by atoms with E-state index in [-0.39, 0.29) is 5.91 Å². The molecule has 156 valence electrons. The van der Waals surface area contributed by atoms with Gasteiger partial charge < -0.3 is 20.5 Å². The number of primary amides is 1. The number of carbonyl (C=O) groups is 2. The summed E-state index contributed by atoms with van der Waals surface area (Å²) >= 11 is 1.47. The summed E-state index contributed by atoms with van der Waals surface area (Å²) in [7, 11) is 5.07. The molecule has 0 fully saturated rings.